The molecule has 0 aliphatic rings. The van der Waals surface area contributed by atoms with E-state index in [4.69, 9.17) is 0 Å². The Kier molecular flexibility index (Phi) is 179. The molecule has 31 valence electrons. The average molecular weight is 343 g/mol. The molecule has 0 aromatic carbocycles. The van der Waals surface area contributed by atoms with Crippen LogP contribution in [0.2, 0.25) is 0 Å². The van der Waals surface area contributed by atoms with Crippen LogP contribution in [0.3, 0.4) is 0 Å². The molecule has 0 bridgehead atoms. The van der Waals surface area contributed by atoms with Crippen LogP contribution < -0.4 is 50.9 Å². The molecule has 0 fully saturated rings. The van der Waals surface area contributed by atoms with Gasteiger partial charge in [-0.2, -0.15) is 0 Å². The van der Waals surface area contributed by atoms with E-state index in [-0.39, 0.29) is 71.8 Å². The summed E-state index contributed by atoms with van der Waals surface area (Å²) in [7, 11) is 0. The Morgan fingerprint density at radius 3 is 0.750 bits per heavy atom. The summed E-state index contributed by atoms with van der Waals surface area (Å²) in [5, 5.41) is 0. The van der Waals surface area contributed by atoms with Gasteiger partial charge < -0.3 is 50.9 Å². The molecule has 0 aromatic heterocycles. The molecule has 0 N–H and O–H groups in total. The maximum absolute atomic E-state index is 0. The summed E-state index contributed by atoms with van der Waals surface area (Å²) in [6.45, 7) is 0. The maximum atomic E-state index is 0. The third-order valence-electron chi connectivity index (χ3n) is 0. The zero-order valence-electron chi connectivity index (χ0n) is 1.49. The van der Waals surface area contributed by atoms with E-state index in [2.05, 4.69) is 0 Å². The molecule has 0 saturated heterocycles. The Balaban J connectivity index is 0. The fraction of sp³-hybridized carbons (Fsp3) is 0. The van der Waals surface area contributed by atoms with E-state index >= 15 is 0 Å². The molecule has 0 saturated carbocycles. The summed E-state index contributed by atoms with van der Waals surface area (Å²) in [5.74, 6) is 0. The van der Waals surface area contributed by atoms with E-state index in [9.17, 15) is 0 Å². The van der Waals surface area contributed by atoms with Gasteiger partial charge in [-0.15, -0.1) is 0 Å². The van der Waals surface area contributed by atoms with Crippen LogP contribution in [-0.4, -0.2) is 0 Å². The molecule has 0 rings (SSSR count). The topological polar surface area (TPSA) is 0 Å². The first-order chi connectivity index (χ1) is 0. The molecule has 0 unspecified atom stereocenters. The first kappa shape index (κ1) is 36.5. The summed E-state index contributed by atoms with van der Waals surface area (Å²) < 4.78 is 0. The Hall–Kier alpha value is 2.06. The number of hydrogen-bond acceptors (Lipinski definition) is 0. The van der Waals surface area contributed by atoms with Gasteiger partial charge in [-0.3, -0.25) is 0 Å². The maximum Gasteiger partial charge on any atom is 3.00 e. The van der Waals surface area contributed by atoms with Crippen molar-refractivity contribution in [3.05, 3.63) is 0 Å². The SMILES string of the molecule is [Br-].[Br-].[Br-].[HH].[Ru+3]. The van der Waals surface area contributed by atoms with Crippen LogP contribution in [0.5, 0.6) is 0 Å². The van der Waals surface area contributed by atoms with E-state index in [1.165, 1.54) is 0 Å². The van der Waals surface area contributed by atoms with Crippen molar-refractivity contribution >= 4 is 0 Å². The van der Waals surface area contributed by atoms with Gasteiger partial charge in [-0.1, -0.05) is 0 Å². The summed E-state index contributed by atoms with van der Waals surface area (Å²) >= 11 is 0. The van der Waals surface area contributed by atoms with Crippen molar-refractivity contribution in [1.29, 1.82) is 0 Å². The third-order valence-corrected chi connectivity index (χ3v) is 0. The molecule has 4 heteroatoms. The molecule has 0 nitrogen and oxygen atoms in total. The van der Waals surface area contributed by atoms with Crippen LogP contribution in [-0.2, 0) is 19.5 Å². The first-order valence-corrected chi connectivity index (χ1v) is 0. The number of rotatable bonds is 0. The second-order valence-corrected chi connectivity index (χ2v) is 0. The molecular formula is H2Br3Ru. The molecule has 0 aliphatic heterocycles. The largest absolute Gasteiger partial charge is 3.00 e. The van der Waals surface area contributed by atoms with Crippen molar-refractivity contribution in [3.63, 3.8) is 0 Å². The normalized spacial score (nSPS) is 0. The average Bonchev–Trinajstić information content (AvgIpc) is 0. The van der Waals surface area contributed by atoms with Gasteiger partial charge in [0.15, 0.2) is 0 Å². The monoisotopic (exact) mass is 341 g/mol. The quantitative estimate of drug-likeness (QED) is 0.384. The third kappa shape index (κ3) is 8.96. The Labute approximate surface area is 71.3 Å². The standard InChI is InChI=1S/3BrH.Ru.H2/h3*1H;;1H/q;;;+3;/p-3. The van der Waals surface area contributed by atoms with E-state index in [1.54, 1.807) is 0 Å². The van der Waals surface area contributed by atoms with Crippen molar-refractivity contribution < 1.29 is 71.8 Å². The molecule has 0 aliphatic carbocycles. The van der Waals surface area contributed by atoms with Crippen LogP contribution >= 0.6 is 0 Å². The fourth-order valence-corrected chi connectivity index (χ4v) is 0. The van der Waals surface area contributed by atoms with Gasteiger partial charge >= 0.3 is 19.5 Å². The molecular weight excluding hydrogens is 341 g/mol. The van der Waals surface area contributed by atoms with E-state index in [0.717, 1.165) is 0 Å². The minimum absolute atomic E-state index is 0. The van der Waals surface area contributed by atoms with Gasteiger partial charge in [0.1, 0.15) is 0 Å². The predicted molar refractivity (Wildman–Crippen MR) is 2.11 cm³/mol. The summed E-state index contributed by atoms with van der Waals surface area (Å²) in [4.78, 5) is 0. The van der Waals surface area contributed by atoms with E-state index < -0.39 is 0 Å². The Morgan fingerprint density at radius 2 is 0.750 bits per heavy atom. The summed E-state index contributed by atoms with van der Waals surface area (Å²) in [6.07, 6.45) is 0. The van der Waals surface area contributed by atoms with E-state index in [0.29, 0.717) is 0 Å². The van der Waals surface area contributed by atoms with Crippen LogP contribution in [0.1, 0.15) is 1.43 Å². The second kappa shape index (κ2) is 19.6. The zero-order chi connectivity index (χ0) is 0. The summed E-state index contributed by atoms with van der Waals surface area (Å²) in [6, 6.07) is 0. The van der Waals surface area contributed by atoms with Crippen molar-refractivity contribution in [2.45, 2.75) is 0 Å². The minimum atomic E-state index is 0. The first-order valence-electron chi connectivity index (χ1n) is 0. The van der Waals surface area contributed by atoms with Crippen molar-refractivity contribution in [2.24, 2.45) is 0 Å². The number of halogens is 3. The molecule has 0 atom stereocenters. The van der Waals surface area contributed by atoms with Crippen LogP contribution in [0, 0.1) is 0 Å². The molecule has 0 aromatic rings. The smallest absolute Gasteiger partial charge is 1.00 e. The molecule has 0 spiro atoms. The Bertz CT molecular complexity index is 6.85. The van der Waals surface area contributed by atoms with Gasteiger partial charge in [-0.25, -0.2) is 0 Å². The van der Waals surface area contributed by atoms with Crippen LogP contribution in [0.15, 0.2) is 0 Å². The van der Waals surface area contributed by atoms with Gasteiger partial charge in [0.05, 0.1) is 0 Å². The van der Waals surface area contributed by atoms with Gasteiger partial charge in [-0.05, 0) is 0 Å². The molecule has 1 radical (unpaired) electrons. The van der Waals surface area contributed by atoms with Gasteiger partial charge in [0.25, 0.3) is 0 Å². The van der Waals surface area contributed by atoms with E-state index in [1.807, 2.05) is 0 Å². The second-order valence-electron chi connectivity index (χ2n) is 0. The van der Waals surface area contributed by atoms with Crippen LogP contribution in [0.4, 0.5) is 0 Å². The minimum Gasteiger partial charge on any atom is -1.00 e. The fourth-order valence-electron chi connectivity index (χ4n) is 0. The molecule has 0 amide bonds. The van der Waals surface area contributed by atoms with Crippen molar-refractivity contribution in [2.75, 3.05) is 0 Å². The van der Waals surface area contributed by atoms with Crippen molar-refractivity contribution in [1.82, 2.24) is 0 Å². The van der Waals surface area contributed by atoms with Crippen LogP contribution in [0.25, 0.3) is 0 Å². The molecule has 0 heterocycles. The molecule has 4 heavy (non-hydrogen) atoms. The predicted octanol–water partition coefficient (Wildman–Crippen LogP) is -8.74. The van der Waals surface area contributed by atoms with Gasteiger partial charge in [0.2, 0.25) is 0 Å². The number of hydrogen-bond donors (Lipinski definition) is 0. The van der Waals surface area contributed by atoms with Gasteiger partial charge in [0, 0.05) is 1.43 Å². The van der Waals surface area contributed by atoms with Crippen molar-refractivity contribution in [3.8, 4) is 0 Å². The summed E-state index contributed by atoms with van der Waals surface area (Å²) in [5.41, 5.74) is 0. The zero-order valence-corrected chi connectivity index (χ0v) is 7.98. The Morgan fingerprint density at radius 1 is 0.750 bits per heavy atom.